The Bertz CT molecular complexity index is 967. The van der Waals surface area contributed by atoms with Crippen LogP contribution in [0.2, 0.25) is 0 Å². The van der Waals surface area contributed by atoms with Gasteiger partial charge in [-0.25, -0.2) is 9.18 Å². The van der Waals surface area contributed by atoms with E-state index < -0.39 is 0 Å². The molecule has 0 bridgehead atoms. The largest absolute Gasteiger partial charge is 0.336 e. The number of para-hydroxylation sites is 1. The molecule has 0 aliphatic carbocycles. The summed E-state index contributed by atoms with van der Waals surface area (Å²) in [5.41, 5.74) is 1.87. The highest BCUT2D eigenvalue weighted by molar-refractivity contribution is 5.89. The molecule has 1 aliphatic rings. The van der Waals surface area contributed by atoms with Gasteiger partial charge in [-0.05, 0) is 47.2 Å². The maximum atomic E-state index is 13.7. The minimum atomic E-state index is -0.338. The average molecular weight is 381 g/mol. The minimum Gasteiger partial charge on any atom is -0.336 e. The number of carbonyl (C=O) groups is 1. The van der Waals surface area contributed by atoms with Crippen molar-refractivity contribution in [1.82, 2.24) is 25.1 Å². The van der Waals surface area contributed by atoms with Gasteiger partial charge >= 0.3 is 6.03 Å². The highest BCUT2D eigenvalue weighted by Crippen LogP contribution is 2.18. The van der Waals surface area contributed by atoms with Crippen molar-refractivity contribution in [2.75, 3.05) is 36.4 Å². The van der Waals surface area contributed by atoms with Gasteiger partial charge in [0.25, 0.3) is 0 Å². The molecule has 1 fully saturated rings. The highest BCUT2D eigenvalue weighted by Gasteiger charge is 2.25. The number of rotatable bonds is 3. The standard InChI is InChI=1S/C19H20FN7O/c1-14-7-8-15(13-17(14)20)21-19(28)26-11-9-25(10-12-26)18-22-23-24-27(18)16-5-3-2-4-6-16/h2-8,13H,9-12H2,1H3,(H,21,28). The van der Waals surface area contributed by atoms with E-state index in [1.165, 1.54) is 6.07 Å². The lowest BCUT2D eigenvalue weighted by atomic mass is 10.2. The van der Waals surface area contributed by atoms with Crippen molar-refractivity contribution < 1.29 is 9.18 Å². The molecule has 0 radical (unpaired) electrons. The zero-order chi connectivity index (χ0) is 19.5. The van der Waals surface area contributed by atoms with Crippen LogP contribution in [0.1, 0.15) is 5.56 Å². The molecule has 1 aromatic heterocycles. The summed E-state index contributed by atoms with van der Waals surface area (Å²) < 4.78 is 15.4. The molecule has 1 saturated heterocycles. The summed E-state index contributed by atoms with van der Waals surface area (Å²) in [7, 11) is 0. The number of aromatic nitrogens is 4. The normalized spacial score (nSPS) is 14.2. The van der Waals surface area contributed by atoms with Gasteiger partial charge in [-0.3, -0.25) is 0 Å². The number of urea groups is 1. The van der Waals surface area contributed by atoms with Crippen LogP contribution in [0.4, 0.5) is 20.8 Å². The van der Waals surface area contributed by atoms with E-state index in [1.54, 1.807) is 28.6 Å². The number of tetrazole rings is 1. The predicted octanol–water partition coefficient (Wildman–Crippen LogP) is 2.46. The van der Waals surface area contributed by atoms with Crippen LogP contribution in [0, 0.1) is 12.7 Å². The van der Waals surface area contributed by atoms with Crippen LogP contribution in [0.25, 0.3) is 5.69 Å². The number of piperazine rings is 1. The Labute approximate surface area is 161 Å². The minimum absolute atomic E-state index is 0.245. The van der Waals surface area contributed by atoms with Gasteiger partial charge in [0.05, 0.1) is 5.69 Å². The zero-order valence-electron chi connectivity index (χ0n) is 15.4. The third kappa shape index (κ3) is 3.64. The van der Waals surface area contributed by atoms with Crippen LogP contribution in [0.15, 0.2) is 48.5 Å². The number of amides is 2. The molecular formula is C19H20FN7O. The summed E-state index contributed by atoms with van der Waals surface area (Å²) in [4.78, 5) is 16.2. The molecule has 0 unspecified atom stereocenters. The Morgan fingerprint density at radius 3 is 2.54 bits per heavy atom. The van der Waals surface area contributed by atoms with Gasteiger partial charge in [0.2, 0.25) is 5.95 Å². The Hall–Kier alpha value is -3.49. The second-order valence-corrected chi connectivity index (χ2v) is 6.59. The molecule has 28 heavy (non-hydrogen) atoms. The van der Waals surface area contributed by atoms with E-state index in [2.05, 4.69) is 20.8 Å². The molecule has 144 valence electrons. The van der Waals surface area contributed by atoms with Crippen molar-refractivity contribution in [3.63, 3.8) is 0 Å². The number of nitrogens with zero attached hydrogens (tertiary/aromatic N) is 6. The number of hydrogen-bond acceptors (Lipinski definition) is 5. The lowest BCUT2D eigenvalue weighted by molar-refractivity contribution is 0.208. The van der Waals surface area contributed by atoms with Crippen LogP contribution in [0.5, 0.6) is 0 Å². The van der Waals surface area contributed by atoms with E-state index in [1.807, 2.05) is 35.2 Å². The second kappa shape index (κ2) is 7.63. The molecule has 2 amide bonds. The maximum absolute atomic E-state index is 13.7. The molecule has 1 N–H and O–H groups in total. The number of benzene rings is 2. The monoisotopic (exact) mass is 381 g/mol. The van der Waals surface area contributed by atoms with Gasteiger partial charge in [-0.2, -0.15) is 4.68 Å². The third-order valence-corrected chi connectivity index (χ3v) is 4.73. The van der Waals surface area contributed by atoms with E-state index in [0.717, 1.165) is 5.69 Å². The fourth-order valence-corrected chi connectivity index (χ4v) is 3.10. The first-order chi connectivity index (χ1) is 13.6. The number of carbonyl (C=O) groups excluding carboxylic acids is 1. The van der Waals surface area contributed by atoms with Crippen LogP contribution in [-0.4, -0.2) is 57.3 Å². The van der Waals surface area contributed by atoms with Crippen LogP contribution < -0.4 is 10.2 Å². The SMILES string of the molecule is Cc1ccc(NC(=O)N2CCN(c3nnnn3-c3ccccc3)CC2)cc1F. The average Bonchev–Trinajstić information content (AvgIpc) is 3.21. The van der Waals surface area contributed by atoms with Crippen LogP contribution in [0.3, 0.4) is 0 Å². The summed E-state index contributed by atoms with van der Waals surface area (Å²) in [6, 6.07) is 14.1. The van der Waals surface area contributed by atoms with Gasteiger partial charge in [-0.1, -0.05) is 29.4 Å². The van der Waals surface area contributed by atoms with Crippen LogP contribution >= 0.6 is 0 Å². The van der Waals surface area contributed by atoms with Gasteiger partial charge in [0.1, 0.15) is 5.82 Å². The first-order valence-corrected chi connectivity index (χ1v) is 9.02. The molecule has 2 aromatic carbocycles. The van der Waals surface area contributed by atoms with Gasteiger partial charge in [0, 0.05) is 31.9 Å². The summed E-state index contributed by atoms with van der Waals surface area (Å²) in [6.45, 7) is 3.92. The lowest BCUT2D eigenvalue weighted by Crippen LogP contribution is -2.50. The number of nitrogens with one attached hydrogen (secondary N) is 1. The van der Waals surface area contributed by atoms with E-state index in [0.29, 0.717) is 43.4 Å². The molecule has 0 saturated carbocycles. The molecule has 4 rings (SSSR count). The van der Waals surface area contributed by atoms with E-state index >= 15 is 0 Å². The molecule has 2 heterocycles. The molecule has 3 aromatic rings. The maximum Gasteiger partial charge on any atom is 0.321 e. The van der Waals surface area contributed by atoms with Crippen molar-refractivity contribution in [1.29, 1.82) is 0 Å². The molecule has 8 nitrogen and oxygen atoms in total. The number of hydrogen-bond donors (Lipinski definition) is 1. The fourth-order valence-electron chi connectivity index (χ4n) is 3.10. The van der Waals surface area contributed by atoms with Crippen molar-refractivity contribution in [3.8, 4) is 5.69 Å². The number of aryl methyl sites for hydroxylation is 1. The summed E-state index contributed by atoms with van der Waals surface area (Å²) in [6.07, 6.45) is 0. The third-order valence-electron chi connectivity index (χ3n) is 4.73. The molecule has 1 aliphatic heterocycles. The molecule has 0 atom stereocenters. The number of anilines is 2. The van der Waals surface area contributed by atoms with Gasteiger partial charge in [0.15, 0.2) is 0 Å². The van der Waals surface area contributed by atoms with Crippen molar-refractivity contribution >= 4 is 17.7 Å². The van der Waals surface area contributed by atoms with Crippen molar-refractivity contribution in [2.24, 2.45) is 0 Å². The summed E-state index contributed by atoms with van der Waals surface area (Å²) >= 11 is 0. The van der Waals surface area contributed by atoms with E-state index in [9.17, 15) is 9.18 Å². The smallest absolute Gasteiger partial charge is 0.321 e. The Balaban J connectivity index is 1.39. The zero-order valence-corrected chi connectivity index (χ0v) is 15.4. The summed E-state index contributed by atoms with van der Waals surface area (Å²) in [5, 5.41) is 14.8. The van der Waals surface area contributed by atoms with Crippen LogP contribution in [-0.2, 0) is 0 Å². The summed E-state index contributed by atoms with van der Waals surface area (Å²) in [5.74, 6) is 0.308. The van der Waals surface area contributed by atoms with Gasteiger partial charge < -0.3 is 15.1 Å². The van der Waals surface area contributed by atoms with E-state index in [4.69, 9.17) is 0 Å². The Morgan fingerprint density at radius 1 is 1.07 bits per heavy atom. The fraction of sp³-hybridized carbons (Fsp3) is 0.263. The Kier molecular flexibility index (Phi) is 4.88. The predicted molar refractivity (Wildman–Crippen MR) is 103 cm³/mol. The quantitative estimate of drug-likeness (QED) is 0.754. The molecule has 9 heteroatoms. The topological polar surface area (TPSA) is 79.2 Å². The highest BCUT2D eigenvalue weighted by atomic mass is 19.1. The van der Waals surface area contributed by atoms with Gasteiger partial charge in [-0.15, -0.1) is 0 Å². The molecular weight excluding hydrogens is 361 g/mol. The molecule has 0 spiro atoms. The first kappa shape index (κ1) is 17.9. The van der Waals surface area contributed by atoms with Crippen molar-refractivity contribution in [2.45, 2.75) is 6.92 Å². The second-order valence-electron chi connectivity index (χ2n) is 6.59. The van der Waals surface area contributed by atoms with E-state index in [-0.39, 0.29) is 11.8 Å². The van der Waals surface area contributed by atoms with Crippen molar-refractivity contribution in [3.05, 3.63) is 59.9 Å². The first-order valence-electron chi connectivity index (χ1n) is 9.02. The Morgan fingerprint density at radius 2 is 1.82 bits per heavy atom. The number of halogens is 1. The lowest BCUT2D eigenvalue weighted by Gasteiger charge is -2.34.